The highest BCUT2D eigenvalue weighted by Crippen LogP contribution is 2.22. The third-order valence-corrected chi connectivity index (χ3v) is 4.16. The maximum Gasteiger partial charge on any atom is 0.257 e. The van der Waals surface area contributed by atoms with E-state index in [1.54, 1.807) is 12.1 Å². The van der Waals surface area contributed by atoms with Crippen molar-refractivity contribution in [3.63, 3.8) is 0 Å². The summed E-state index contributed by atoms with van der Waals surface area (Å²) < 4.78 is 27.1. The Morgan fingerprint density at radius 2 is 1.85 bits per heavy atom. The zero-order valence-corrected chi connectivity index (χ0v) is 13.2. The minimum atomic E-state index is -1.11. The fraction of sp³-hybridized carbons (Fsp3) is 0.0714. The molecule has 0 aromatic heterocycles. The molecule has 104 valence electrons. The van der Waals surface area contributed by atoms with Gasteiger partial charge in [0.25, 0.3) is 5.91 Å². The highest BCUT2D eigenvalue weighted by atomic mass is 127. The number of rotatable bonds is 2. The predicted octanol–water partition coefficient (Wildman–Crippen LogP) is 4.78. The van der Waals surface area contributed by atoms with E-state index in [1.165, 1.54) is 0 Å². The molecular weight excluding hydrogens is 399 g/mol. The largest absolute Gasteiger partial charge is 0.322 e. The molecule has 0 radical (unpaired) electrons. The summed E-state index contributed by atoms with van der Waals surface area (Å²) in [6.45, 7) is 1.94. The maximum absolute atomic E-state index is 13.2. The lowest BCUT2D eigenvalue weighted by Crippen LogP contribution is -2.13. The molecule has 0 aliphatic carbocycles. The van der Waals surface area contributed by atoms with Crippen LogP contribution in [0.4, 0.5) is 14.5 Å². The van der Waals surface area contributed by atoms with Gasteiger partial charge in [-0.2, -0.15) is 0 Å². The summed E-state index contributed by atoms with van der Waals surface area (Å²) in [5.74, 6) is -2.79. The maximum atomic E-state index is 13.2. The van der Waals surface area contributed by atoms with Crippen LogP contribution in [0.5, 0.6) is 0 Å². The van der Waals surface area contributed by atoms with Crippen LogP contribution in [-0.4, -0.2) is 5.91 Å². The van der Waals surface area contributed by atoms with Gasteiger partial charge < -0.3 is 5.32 Å². The summed E-state index contributed by atoms with van der Waals surface area (Å²) in [6, 6.07) is 6.92. The van der Waals surface area contributed by atoms with Crippen LogP contribution in [0.25, 0.3) is 0 Å². The Balaban J connectivity index is 2.28. The average molecular weight is 408 g/mol. The summed E-state index contributed by atoms with van der Waals surface area (Å²) in [7, 11) is 0. The molecule has 1 amide bonds. The molecule has 2 rings (SSSR count). The van der Waals surface area contributed by atoms with Gasteiger partial charge in [-0.05, 0) is 59.3 Å². The molecule has 0 aliphatic rings. The second-order valence-electron chi connectivity index (χ2n) is 4.16. The lowest BCUT2D eigenvalue weighted by molar-refractivity contribution is 0.102. The van der Waals surface area contributed by atoms with Crippen molar-refractivity contribution in [3.8, 4) is 0 Å². The standard InChI is InChI=1S/C14H9ClF2INO/c1-7-2-3-8(4-13(7)18)19-14(20)9-5-11(16)12(17)6-10(9)15/h2-6H,1H3,(H,19,20). The molecule has 0 heterocycles. The molecule has 0 bridgehead atoms. The number of aryl methyl sites for hydroxylation is 1. The molecule has 2 aromatic rings. The van der Waals surface area contributed by atoms with Crippen LogP contribution in [0.3, 0.4) is 0 Å². The summed E-state index contributed by atoms with van der Waals surface area (Å²) in [5.41, 5.74) is 1.53. The van der Waals surface area contributed by atoms with Gasteiger partial charge in [0.2, 0.25) is 0 Å². The highest BCUT2D eigenvalue weighted by Gasteiger charge is 2.15. The van der Waals surface area contributed by atoms with Crippen LogP contribution in [0, 0.1) is 22.1 Å². The molecule has 1 N–H and O–H groups in total. The second-order valence-corrected chi connectivity index (χ2v) is 5.73. The third-order valence-electron chi connectivity index (χ3n) is 2.68. The van der Waals surface area contributed by atoms with Gasteiger partial charge in [0, 0.05) is 9.26 Å². The lowest BCUT2D eigenvalue weighted by atomic mass is 10.2. The Labute approximate surface area is 133 Å². The Morgan fingerprint density at radius 3 is 2.50 bits per heavy atom. The fourth-order valence-electron chi connectivity index (χ4n) is 1.57. The molecule has 0 atom stereocenters. The Morgan fingerprint density at radius 1 is 1.20 bits per heavy atom. The van der Waals surface area contributed by atoms with Gasteiger partial charge in [0.1, 0.15) is 0 Å². The molecule has 0 unspecified atom stereocenters. The molecule has 6 heteroatoms. The van der Waals surface area contributed by atoms with Crippen molar-refractivity contribution >= 4 is 45.8 Å². The number of hydrogen-bond donors (Lipinski definition) is 1. The fourth-order valence-corrected chi connectivity index (χ4v) is 2.32. The summed E-state index contributed by atoms with van der Waals surface area (Å²) in [5, 5.41) is 2.46. The zero-order chi connectivity index (χ0) is 14.9. The smallest absolute Gasteiger partial charge is 0.257 e. The number of hydrogen-bond acceptors (Lipinski definition) is 1. The van der Waals surface area contributed by atoms with Crippen molar-refractivity contribution in [1.82, 2.24) is 0 Å². The molecule has 0 saturated carbocycles. The van der Waals surface area contributed by atoms with Gasteiger partial charge in [0.15, 0.2) is 11.6 Å². The topological polar surface area (TPSA) is 29.1 Å². The van der Waals surface area contributed by atoms with E-state index in [2.05, 4.69) is 27.9 Å². The number of anilines is 1. The minimum absolute atomic E-state index is 0.110. The average Bonchev–Trinajstić information content (AvgIpc) is 2.38. The number of halogens is 4. The van der Waals surface area contributed by atoms with Gasteiger partial charge in [-0.3, -0.25) is 4.79 Å². The SMILES string of the molecule is Cc1ccc(NC(=O)c2cc(F)c(F)cc2Cl)cc1I. The Bertz CT molecular complexity index is 691. The number of benzene rings is 2. The van der Waals surface area contributed by atoms with Crippen molar-refractivity contribution < 1.29 is 13.6 Å². The van der Waals surface area contributed by atoms with E-state index in [0.29, 0.717) is 5.69 Å². The molecule has 0 spiro atoms. The first-order chi connectivity index (χ1) is 9.38. The van der Waals surface area contributed by atoms with Crippen molar-refractivity contribution in [2.45, 2.75) is 6.92 Å². The second kappa shape index (κ2) is 6.05. The third kappa shape index (κ3) is 3.27. The van der Waals surface area contributed by atoms with E-state index in [9.17, 15) is 13.6 Å². The van der Waals surface area contributed by atoms with E-state index < -0.39 is 17.5 Å². The first kappa shape index (κ1) is 15.2. The number of carbonyl (C=O) groups excluding carboxylic acids is 1. The van der Waals surface area contributed by atoms with E-state index in [0.717, 1.165) is 21.3 Å². The Hall–Kier alpha value is -1.21. The molecule has 2 nitrogen and oxygen atoms in total. The molecular formula is C14H9ClF2INO. The van der Waals surface area contributed by atoms with Crippen molar-refractivity contribution in [1.29, 1.82) is 0 Å². The minimum Gasteiger partial charge on any atom is -0.322 e. The van der Waals surface area contributed by atoms with Gasteiger partial charge in [0.05, 0.1) is 10.6 Å². The number of nitrogens with one attached hydrogen (secondary N) is 1. The van der Waals surface area contributed by atoms with Crippen molar-refractivity contribution in [3.05, 3.63) is 61.7 Å². The van der Waals surface area contributed by atoms with Crippen LogP contribution in [0.1, 0.15) is 15.9 Å². The van der Waals surface area contributed by atoms with Crippen molar-refractivity contribution in [2.75, 3.05) is 5.32 Å². The van der Waals surface area contributed by atoms with Gasteiger partial charge >= 0.3 is 0 Å². The molecule has 20 heavy (non-hydrogen) atoms. The van der Waals surface area contributed by atoms with Crippen LogP contribution in [0.2, 0.25) is 5.02 Å². The summed E-state index contributed by atoms with van der Waals surface area (Å²) in [6.07, 6.45) is 0. The van der Waals surface area contributed by atoms with Gasteiger partial charge in [-0.15, -0.1) is 0 Å². The zero-order valence-electron chi connectivity index (χ0n) is 10.3. The van der Waals surface area contributed by atoms with Crippen LogP contribution in [-0.2, 0) is 0 Å². The normalized spacial score (nSPS) is 10.4. The molecule has 0 aliphatic heterocycles. The van der Waals surface area contributed by atoms with E-state index in [1.807, 2.05) is 13.0 Å². The van der Waals surface area contributed by atoms with E-state index >= 15 is 0 Å². The van der Waals surface area contributed by atoms with Crippen LogP contribution < -0.4 is 5.32 Å². The highest BCUT2D eigenvalue weighted by molar-refractivity contribution is 14.1. The predicted molar refractivity (Wildman–Crippen MR) is 83.2 cm³/mol. The van der Waals surface area contributed by atoms with E-state index in [4.69, 9.17) is 11.6 Å². The summed E-state index contributed by atoms with van der Waals surface area (Å²) in [4.78, 5) is 12.0. The van der Waals surface area contributed by atoms with Crippen molar-refractivity contribution in [2.24, 2.45) is 0 Å². The summed E-state index contributed by atoms with van der Waals surface area (Å²) >= 11 is 7.89. The monoisotopic (exact) mass is 407 g/mol. The molecule has 0 fully saturated rings. The Kier molecular flexibility index (Phi) is 4.59. The quantitative estimate of drug-likeness (QED) is 0.563. The number of amides is 1. The van der Waals surface area contributed by atoms with Gasteiger partial charge in [-0.1, -0.05) is 17.7 Å². The van der Waals surface area contributed by atoms with Crippen LogP contribution in [0.15, 0.2) is 30.3 Å². The van der Waals surface area contributed by atoms with E-state index in [-0.39, 0.29) is 10.6 Å². The first-order valence-electron chi connectivity index (χ1n) is 5.60. The molecule has 0 saturated heterocycles. The van der Waals surface area contributed by atoms with Gasteiger partial charge in [-0.25, -0.2) is 8.78 Å². The first-order valence-corrected chi connectivity index (χ1v) is 7.06. The number of carbonyl (C=O) groups is 1. The lowest BCUT2D eigenvalue weighted by Gasteiger charge is -2.08. The molecule has 2 aromatic carbocycles. The van der Waals surface area contributed by atoms with Crippen LogP contribution >= 0.6 is 34.2 Å².